The molecule has 1 heterocycles. The van der Waals surface area contributed by atoms with E-state index < -0.39 is 0 Å². The summed E-state index contributed by atoms with van der Waals surface area (Å²) in [6.45, 7) is 5.21. The van der Waals surface area contributed by atoms with E-state index in [1.807, 2.05) is 17.9 Å². The summed E-state index contributed by atoms with van der Waals surface area (Å²) >= 11 is 7.35. The van der Waals surface area contributed by atoms with E-state index in [0.717, 1.165) is 31.1 Å². The van der Waals surface area contributed by atoms with Crippen molar-refractivity contribution in [1.82, 2.24) is 10.2 Å². The molecule has 1 aliphatic rings. The highest BCUT2D eigenvalue weighted by Crippen LogP contribution is 2.31. The average Bonchev–Trinajstić information content (AvgIpc) is 2.42. The van der Waals surface area contributed by atoms with Gasteiger partial charge < -0.3 is 16.0 Å². The van der Waals surface area contributed by atoms with Gasteiger partial charge in [-0.2, -0.15) is 0 Å². The monoisotopic (exact) mass is 299 g/mol. The Hall–Kier alpha value is -0.910. The molecule has 1 aliphatic heterocycles. The predicted molar refractivity (Wildman–Crippen MR) is 80.6 cm³/mol. The number of nitrogen functional groups attached to an aromatic ring is 1. The maximum Gasteiger partial charge on any atom is 0.235 e. The van der Waals surface area contributed by atoms with Crippen molar-refractivity contribution in [3.05, 3.63) is 23.2 Å². The molecule has 19 heavy (non-hydrogen) atoms. The third kappa shape index (κ3) is 3.78. The smallest absolute Gasteiger partial charge is 0.235 e. The van der Waals surface area contributed by atoms with Crippen LogP contribution in [0.3, 0.4) is 0 Å². The summed E-state index contributed by atoms with van der Waals surface area (Å²) in [6, 6.07) is 5.37. The van der Waals surface area contributed by atoms with Crippen LogP contribution in [0, 0.1) is 0 Å². The topological polar surface area (TPSA) is 58.4 Å². The van der Waals surface area contributed by atoms with Crippen molar-refractivity contribution in [2.75, 3.05) is 31.9 Å². The number of halogens is 1. The Morgan fingerprint density at radius 3 is 2.79 bits per heavy atom. The van der Waals surface area contributed by atoms with Crippen LogP contribution in [0.4, 0.5) is 5.69 Å². The molecule has 0 bridgehead atoms. The Morgan fingerprint density at radius 1 is 1.47 bits per heavy atom. The number of rotatable bonds is 3. The average molecular weight is 300 g/mol. The molecule has 1 amide bonds. The van der Waals surface area contributed by atoms with Gasteiger partial charge >= 0.3 is 0 Å². The molecule has 1 fully saturated rings. The number of benzene rings is 1. The van der Waals surface area contributed by atoms with Gasteiger partial charge in [-0.15, -0.1) is 11.8 Å². The van der Waals surface area contributed by atoms with Crippen LogP contribution in [-0.4, -0.2) is 42.2 Å². The van der Waals surface area contributed by atoms with Crippen molar-refractivity contribution in [2.45, 2.75) is 17.1 Å². The highest BCUT2D eigenvalue weighted by atomic mass is 35.5. The minimum Gasteiger partial charge on any atom is -0.398 e. The highest BCUT2D eigenvalue weighted by molar-refractivity contribution is 8.00. The Morgan fingerprint density at radius 2 is 2.16 bits per heavy atom. The number of nitrogens with two attached hydrogens (primary N) is 1. The van der Waals surface area contributed by atoms with Crippen LogP contribution in [0.15, 0.2) is 23.1 Å². The first-order valence-electron chi connectivity index (χ1n) is 6.29. The largest absolute Gasteiger partial charge is 0.398 e. The van der Waals surface area contributed by atoms with E-state index in [4.69, 9.17) is 17.3 Å². The lowest BCUT2D eigenvalue weighted by Crippen LogP contribution is -2.48. The zero-order valence-corrected chi connectivity index (χ0v) is 12.4. The summed E-state index contributed by atoms with van der Waals surface area (Å²) in [5.74, 6) is 0.167. The van der Waals surface area contributed by atoms with Crippen molar-refractivity contribution in [2.24, 2.45) is 0 Å². The van der Waals surface area contributed by atoms with Gasteiger partial charge in [0.05, 0.1) is 5.25 Å². The quantitative estimate of drug-likeness (QED) is 0.660. The molecule has 6 heteroatoms. The van der Waals surface area contributed by atoms with Gasteiger partial charge in [-0.05, 0) is 25.1 Å². The minimum absolute atomic E-state index is 0.137. The van der Waals surface area contributed by atoms with Gasteiger partial charge in [0.1, 0.15) is 0 Å². The molecule has 0 saturated carbocycles. The first kappa shape index (κ1) is 14.5. The predicted octanol–water partition coefficient (Wildman–Crippen LogP) is 1.83. The highest BCUT2D eigenvalue weighted by Gasteiger charge is 2.23. The number of hydrogen-bond acceptors (Lipinski definition) is 4. The molecule has 104 valence electrons. The maximum absolute atomic E-state index is 12.3. The van der Waals surface area contributed by atoms with E-state index in [1.54, 1.807) is 12.1 Å². The lowest BCUT2D eigenvalue weighted by atomic mass is 10.3. The Labute approximate surface area is 122 Å². The molecular formula is C13H18ClN3OS. The van der Waals surface area contributed by atoms with Crippen LogP contribution in [0.2, 0.25) is 5.02 Å². The molecule has 0 aliphatic carbocycles. The van der Waals surface area contributed by atoms with E-state index in [0.29, 0.717) is 10.7 Å². The normalized spacial score (nSPS) is 17.3. The first-order chi connectivity index (χ1) is 9.08. The van der Waals surface area contributed by atoms with Crippen LogP contribution in [0.5, 0.6) is 0 Å². The van der Waals surface area contributed by atoms with Gasteiger partial charge in [-0.25, -0.2) is 0 Å². The van der Waals surface area contributed by atoms with Crippen molar-refractivity contribution in [3.63, 3.8) is 0 Å². The molecule has 1 aromatic carbocycles. The standard InChI is InChI=1S/C13H18ClN3OS/c1-9(13(18)17-6-4-16-5-7-17)19-12-3-2-10(14)8-11(12)15/h2-3,8-9,16H,4-7,15H2,1H3. The maximum atomic E-state index is 12.3. The third-order valence-electron chi connectivity index (χ3n) is 3.05. The Bertz CT molecular complexity index is 463. The van der Waals surface area contributed by atoms with Crippen LogP contribution in [-0.2, 0) is 4.79 Å². The van der Waals surface area contributed by atoms with Crippen LogP contribution in [0.25, 0.3) is 0 Å². The summed E-state index contributed by atoms with van der Waals surface area (Å²) in [6.07, 6.45) is 0. The summed E-state index contributed by atoms with van der Waals surface area (Å²) in [4.78, 5) is 15.1. The van der Waals surface area contributed by atoms with Crippen molar-refractivity contribution in [1.29, 1.82) is 0 Å². The number of hydrogen-bond donors (Lipinski definition) is 2. The minimum atomic E-state index is -0.137. The van der Waals surface area contributed by atoms with Gasteiger partial charge in [0, 0.05) is 41.8 Å². The number of carbonyl (C=O) groups is 1. The molecule has 0 radical (unpaired) electrons. The van der Waals surface area contributed by atoms with Gasteiger partial charge in [0.15, 0.2) is 0 Å². The zero-order valence-electron chi connectivity index (χ0n) is 10.9. The second kappa shape index (κ2) is 6.50. The Kier molecular flexibility index (Phi) is 4.96. The van der Waals surface area contributed by atoms with Crippen LogP contribution in [0.1, 0.15) is 6.92 Å². The van der Waals surface area contributed by atoms with E-state index in [9.17, 15) is 4.79 Å². The summed E-state index contributed by atoms with van der Waals surface area (Å²) in [5.41, 5.74) is 6.53. The number of nitrogens with zero attached hydrogens (tertiary/aromatic N) is 1. The van der Waals surface area contributed by atoms with Crippen LogP contribution >= 0.6 is 23.4 Å². The summed E-state index contributed by atoms with van der Waals surface area (Å²) < 4.78 is 0. The molecule has 0 spiro atoms. The summed E-state index contributed by atoms with van der Waals surface area (Å²) in [7, 11) is 0. The second-order valence-corrected chi connectivity index (χ2v) is 6.34. The molecule has 3 N–H and O–H groups in total. The van der Waals surface area contributed by atoms with Gasteiger partial charge in [0.25, 0.3) is 0 Å². The molecular weight excluding hydrogens is 282 g/mol. The Balaban J connectivity index is 1.99. The van der Waals surface area contributed by atoms with Gasteiger partial charge in [-0.3, -0.25) is 4.79 Å². The fourth-order valence-electron chi connectivity index (χ4n) is 2.01. The van der Waals surface area contributed by atoms with Crippen LogP contribution < -0.4 is 11.1 Å². The number of amides is 1. The van der Waals surface area contributed by atoms with Gasteiger partial charge in [-0.1, -0.05) is 11.6 Å². The van der Waals surface area contributed by atoms with E-state index in [-0.39, 0.29) is 11.2 Å². The molecule has 4 nitrogen and oxygen atoms in total. The zero-order chi connectivity index (χ0) is 13.8. The van der Waals surface area contributed by atoms with E-state index >= 15 is 0 Å². The van der Waals surface area contributed by atoms with E-state index in [1.165, 1.54) is 11.8 Å². The molecule has 1 aromatic rings. The SMILES string of the molecule is CC(Sc1ccc(Cl)cc1N)C(=O)N1CCNCC1. The second-order valence-electron chi connectivity index (χ2n) is 4.52. The van der Waals surface area contributed by atoms with Crippen molar-refractivity contribution >= 4 is 35.0 Å². The lowest BCUT2D eigenvalue weighted by molar-refractivity contribution is -0.130. The van der Waals surface area contributed by atoms with Crippen molar-refractivity contribution < 1.29 is 4.79 Å². The molecule has 1 unspecified atom stereocenters. The molecule has 1 atom stereocenters. The first-order valence-corrected chi connectivity index (χ1v) is 7.55. The third-order valence-corrected chi connectivity index (χ3v) is 4.47. The fraction of sp³-hybridized carbons (Fsp3) is 0.462. The number of piperazine rings is 1. The lowest BCUT2D eigenvalue weighted by Gasteiger charge is -2.29. The number of carbonyl (C=O) groups excluding carboxylic acids is 1. The van der Waals surface area contributed by atoms with E-state index in [2.05, 4.69) is 5.32 Å². The fourth-order valence-corrected chi connectivity index (χ4v) is 3.16. The summed E-state index contributed by atoms with van der Waals surface area (Å²) in [5, 5.41) is 3.71. The molecule has 2 rings (SSSR count). The number of thioether (sulfide) groups is 1. The number of nitrogens with one attached hydrogen (secondary N) is 1. The van der Waals surface area contributed by atoms with Crippen molar-refractivity contribution in [3.8, 4) is 0 Å². The molecule has 0 aromatic heterocycles. The number of anilines is 1. The molecule has 1 saturated heterocycles. The van der Waals surface area contributed by atoms with Gasteiger partial charge in [0.2, 0.25) is 5.91 Å².